The molecule has 4 aromatic rings. The van der Waals surface area contributed by atoms with Gasteiger partial charge in [0.2, 0.25) is 0 Å². The van der Waals surface area contributed by atoms with Crippen molar-refractivity contribution in [3.63, 3.8) is 0 Å². The normalized spacial score (nSPS) is 11.0. The van der Waals surface area contributed by atoms with Crippen LogP contribution in [0.1, 0.15) is 17.1 Å². The van der Waals surface area contributed by atoms with Crippen molar-refractivity contribution in [1.82, 2.24) is 24.3 Å². The minimum Gasteiger partial charge on any atom is -0.495 e. The SMILES string of the molecule is COc1cc(-c2nc(CCc3ccccc3)n(C)n2)ccc1-n1cnc(C)c1. The Morgan fingerprint density at radius 2 is 1.86 bits per heavy atom. The summed E-state index contributed by atoms with van der Waals surface area (Å²) in [6, 6.07) is 16.4. The fourth-order valence-electron chi connectivity index (χ4n) is 3.24. The first kappa shape index (κ1) is 18.0. The fourth-order valence-corrected chi connectivity index (χ4v) is 3.24. The Labute approximate surface area is 164 Å². The molecule has 0 radical (unpaired) electrons. The number of aryl methyl sites for hydroxylation is 4. The topological polar surface area (TPSA) is 57.8 Å². The van der Waals surface area contributed by atoms with Crippen molar-refractivity contribution in [2.75, 3.05) is 7.11 Å². The molecule has 2 aromatic heterocycles. The van der Waals surface area contributed by atoms with Gasteiger partial charge in [-0.05, 0) is 37.1 Å². The van der Waals surface area contributed by atoms with Crippen LogP contribution in [0.3, 0.4) is 0 Å². The summed E-state index contributed by atoms with van der Waals surface area (Å²) < 4.78 is 9.42. The molecule has 142 valence electrons. The number of aromatic nitrogens is 5. The number of imidazole rings is 1. The van der Waals surface area contributed by atoms with E-state index >= 15 is 0 Å². The lowest BCUT2D eigenvalue weighted by Gasteiger charge is -2.10. The molecule has 0 N–H and O–H groups in total. The van der Waals surface area contributed by atoms with Crippen LogP contribution in [-0.4, -0.2) is 31.4 Å². The molecule has 0 spiro atoms. The summed E-state index contributed by atoms with van der Waals surface area (Å²) in [7, 11) is 3.61. The average Bonchev–Trinajstić information content (AvgIpc) is 3.32. The van der Waals surface area contributed by atoms with E-state index in [4.69, 9.17) is 9.72 Å². The van der Waals surface area contributed by atoms with E-state index in [0.717, 1.165) is 41.4 Å². The summed E-state index contributed by atoms with van der Waals surface area (Å²) in [5.41, 5.74) is 4.13. The van der Waals surface area contributed by atoms with E-state index in [1.165, 1.54) is 5.56 Å². The first-order chi connectivity index (χ1) is 13.6. The molecule has 0 saturated heterocycles. The van der Waals surface area contributed by atoms with E-state index < -0.39 is 0 Å². The molecule has 0 unspecified atom stereocenters. The third kappa shape index (κ3) is 3.67. The van der Waals surface area contributed by atoms with Crippen LogP contribution in [0.4, 0.5) is 0 Å². The highest BCUT2D eigenvalue weighted by Crippen LogP contribution is 2.28. The first-order valence-electron chi connectivity index (χ1n) is 9.27. The summed E-state index contributed by atoms with van der Waals surface area (Å²) in [5.74, 6) is 2.43. The van der Waals surface area contributed by atoms with Crippen LogP contribution in [0.5, 0.6) is 5.75 Å². The van der Waals surface area contributed by atoms with Gasteiger partial charge in [-0.3, -0.25) is 4.68 Å². The second-order valence-electron chi connectivity index (χ2n) is 6.77. The van der Waals surface area contributed by atoms with E-state index in [-0.39, 0.29) is 0 Å². The second kappa shape index (κ2) is 7.68. The Balaban J connectivity index is 1.59. The zero-order valence-electron chi connectivity index (χ0n) is 16.3. The van der Waals surface area contributed by atoms with Crippen molar-refractivity contribution in [3.8, 4) is 22.8 Å². The Kier molecular flexibility index (Phi) is 4.93. The number of hydrogen-bond donors (Lipinski definition) is 0. The molecule has 6 heteroatoms. The second-order valence-corrected chi connectivity index (χ2v) is 6.77. The lowest BCUT2D eigenvalue weighted by Crippen LogP contribution is -2.01. The summed E-state index contributed by atoms with van der Waals surface area (Å²) in [5, 5.41) is 4.61. The van der Waals surface area contributed by atoms with Gasteiger partial charge < -0.3 is 9.30 Å². The third-order valence-electron chi connectivity index (χ3n) is 4.76. The molecule has 0 aliphatic rings. The highest BCUT2D eigenvalue weighted by molar-refractivity contribution is 5.63. The van der Waals surface area contributed by atoms with Crippen molar-refractivity contribution in [3.05, 3.63) is 78.1 Å². The monoisotopic (exact) mass is 373 g/mol. The lowest BCUT2D eigenvalue weighted by molar-refractivity contribution is 0.413. The number of methoxy groups -OCH3 is 1. The molecule has 28 heavy (non-hydrogen) atoms. The Hall–Kier alpha value is -3.41. The summed E-state index contributed by atoms with van der Waals surface area (Å²) in [6.45, 7) is 1.96. The molecule has 0 amide bonds. The molecule has 4 rings (SSSR count). The predicted molar refractivity (Wildman–Crippen MR) is 109 cm³/mol. The van der Waals surface area contributed by atoms with Gasteiger partial charge in [-0.15, -0.1) is 0 Å². The number of benzene rings is 2. The predicted octanol–water partition coefficient (Wildman–Crippen LogP) is 3.77. The van der Waals surface area contributed by atoms with E-state index in [2.05, 4.69) is 34.3 Å². The molecule has 2 aromatic carbocycles. The summed E-state index contributed by atoms with van der Waals surface area (Å²) >= 11 is 0. The highest BCUT2D eigenvalue weighted by Gasteiger charge is 2.13. The molecule has 2 heterocycles. The van der Waals surface area contributed by atoms with Gasteiger partial charge >= 0.3 is 0 Å². The maximum Gasteiger partial charge on any atom is 0.181 e. The zero-order chi connectivity index (χ0) is 19.5. The van der Waals surface area contributed by atoms with Crippen LogP contribution in [0.25, 0.3) is 17.1 Å². The van der Waals surface area contributed by atoms with Crippen molar-refractivity contribution in [2.24, 2.45) is 7.05 Å². The maximum absolute atomic E-state index is 5.60. The molecular formula is C22H23N5O. The maximum atomic E-state index is 5.60. The summed E-state index contributed by atoms with van der Waals surface area (Å²) in [6.07, 6.45) is 5.54. The van der Waals surface area contributed by atoms with Gasteiger partial charge in [-0.1, -0.05) is 30.3 Å². The van der Waals surface area contributed by atoms with E-state index in [9.17, 15) is 0 Å². The number of hydrogen-bond acceptors (Lipinski definition) is 4. The van der Waals surface area contributed by atoms with Gasteiger partial charge in [0.15, 0.2) is 5.82 Å². The Morgan fingerprint density at radius 1 is 1.04 bits per heavy atom. The molecule has 0 aliphatic carbocycles. The van der Waals surface area contributed by atoms with Crippen LogP contribution < -0.4 is 4.74 Å². The van der Waals surface area contributed by atoms with Gasteiger partial charge in [0.05, 0.1) is 24.8 Å². The first-order valence-corrected chi connectivity index (χ1v) is 9.27. The van der Waals surface area contributed by atoms with Gasteiger partial charge in [0, 0.05) is 25.2 Å². The van der Waals surface area contributed by atoms with Crippen LogP contribution in [0, 0.1) is 6.92 Å². The van der Waals surface area contributed by atoms with Crippen molar-refractivity contribution in [2.45, 2.75) is 19.8 Å². The molecule has 0 saturated carbocycles. The van der Waals surface area contributed by atoms with Gasteiger partial charge in [0.1, 0.15) is 11.6 Å². The molecule has 0 fully saturated rings. The largest absolute Gasteiger partial charge is 0.495 e. The van der Waals surface area contributed by atoms with Gasteiger partial charge in [-0.25, -0.2) is 9.97 Å². The van der Waals surface area contributed by atoms with Crippen LogP contribution in [0.15, 0.2) is 61.1 Å². The molecule has 6 nitrogen and oxygen atoms in total. The lowest BCUT2D eigenvalue weighted by atomic mass is 10.1. The zero-order valence-corrected chi connectivity index (χ0v) is 16.3. The van der Waals surface area contributed by atoms with Gasteiger partial charge in [-0.2, -0.15) is 5.10 Å². The quantitative estimate of drug-likeness (QED) is 0.516. The van der Waals surface area contributed by atoms with Crippen molar-refractivity contribution < 1.29 is 4.74 Å². The molecular weight excluding hydrogens is 350 g/mol. The van der Waals surface area contributed by atoms with Crippen LogP contribution in [-0.2, 0) is 19.9 Å². The van der Waals surface area contributed by atoms with Crippen molar-refractivity contribution >= 4 is 0 Å². The Morgan fingerprint density at radius 3 is 2.57 bits per heavy atom. The fraction of sp³-hybridized carbons (Fsp3) is 0.227. The summed E-state index contributed by atoms with van der Waals surface area (Å²) in [4.78, 5) is 9.04. The molecule has 0 bridgehead atoms. The van der Waals surface area contributed by atoms with Crippen molar-refractivity contribution in [1.29, 1.82) is 0 Å². The van der Waals surface area contributed by atoms with E-state index in [0.29, 0.717) is 5.82 Å². The highest BCUT2D eigenvalue weighted by atomic mass is 16.5. The van der Waals surface area contributed by atoms with E-state index in [1.807, 2.05) is 53.7 Å². The number of nitrogens with zero attached hydrogens (tertiary/aromatic N) is 5. The average molecular weight is 373 g/mol. The van der Waals surface area contributed by atoms with Crippen LogP contribution >= 0.6 is 0 Å². The molecule has 0 atom stereocenters. The third-order valence-corrected chi connectivity index (χ3v) is 4.76. The standard InChI is InChI=1S/C22H23N5O/c1-16-14-27(15-23-16)19-11-10-18(13-20(19)28-3)22-24-21(26(2)25-22)12-9-17-7-5-4-6-8-17/h4-8,10-11,13-15H,9,12H2,1-3H3. The van der Waals surface area contributed by atoms with E-state index in [1.54, 1.807) is 13.4 Å². The molecule has 0 aliphatic heterocycles. The minimum absolute atomic E-state index is 0.706. The smallest absolute Gasteiger partial charge is 0.181 e. The number of ether oxygens (including phenoxy) is 1. The Bertz CT molecular complexity index is 1080. The van der Waals surface area contributed by atoms with Crippen LogP contribution in [0.2, 0.25) is 0 Å². The minimum atomic E-state index is 0.706. The number of rotatable bonds is 6. The van der Waals surface area contributed by atoms with Gasteiger partial charge in [0.25, 0.3) is 0 Å².